The van der Waals surface area contributed by atoms with Crippen LogP contribution in [-0.4, -0.2) is 11.7 Å². The Morgan fingerprint density at radius 3 is 2.60 bits per heavy atom. The van der Waals surface area contributed by atoms with Crippen LogP contribution in [0.3, 0.4) is 0 Å². The van der Waals surface area contributed by atoms with E-state index in [1.54, 1.807) is 0 Å². The van der Waals surface area contributed by atoms with Gasteiger partial charge in [-0.15, -0.1) is 0 Å². The molecular weight excluding hydrogens is 124 g/mol. The van der Waals surface area contributed by atoms with E-state index in [9.17, 15) is 0 Å². The van der Waals surface area contributed by atoms with E-state index in [0.717, 1.165) is 5.92 Å². The van der Waals surface area contributed by atoms with Crippen LogP contribution >= 0.6 is 0 Å². The van der Waals surface area contributed by atoms with Gasteiger partial charge in [0.05, 0.1) is 0 Å². The zero-order chi connectivity index (χ0) is 7.40. The van der Waals surface area contributed by atoms with Crippen LogP contribution in [0.1, 0.15) is 39.0 Å². The summed E-state index contributed by atoms with van der Waals surface area (Å²) in [6, 6.07) is 0. The smallest absolute Gasteiger partial charge is 0.0462 e. The van der Waals surface area contributed by atoms with Crippen molar-refractivity contribution in [1.82, 2.24) is 0 Å². The van der Waals surface area contributed by atoms with Gasteiger partial charge in [0, 0.05) is 6.61 Å². The Bertz CT molecular complexity index is 90.7. The Morgan fingerprint density at radius 1 is 1.30 bits per heavy atom. The molecule has 1 saturated carbocycles. The van der Waals surface area contributed by atoms with Crippen molar-refractivity contribution in [1.29, 1.82) is 0 Å². The Kier molecular flexibility index (Phi) is 3.20. The standard InChI is InChI=1S/C9H18O/c1-2-3-4-5-8-6-9(8)7-10/h8-10H,2-7H2,1H3. The summed E-state index contributed by atoms with van der Waals surface area (Å²) < 4.78 is 0. The number of unbranched alkanes of at least 4 members (excludes halogenated alkanes) is 2. The molecular formula is C9H18O. The zero-order valence-electron chi connectivity index (χ0n) is 6.84. The number of aliphatic hydroxyl groups is 1. The molecule has 1 rings (SSSR count). The lowest BCUT2D eigenvalue weighted by molar-refractivity contribution is 0.267. The van der Waals surface area contributed by atoms with Gasteiger partial charge in [-0.2, -0.15) is 0 Å². The van der Waals surface area contributed by atoms with Crippen molar-refractivity contribution in [3.8, 4) is 0 Å². The van der Waals surface area contributed by atoms with E-state index in [2.05, 4.69) is 6.92 Å². The van der Waals surface area contributed by atoms with Crippen molar-refractivity contribution in [2.45, 2.75) is 39.0 Å². The SMILES string of the molecule is CCCCCC1CC1CO. The fraction of sp³-hybridized carbons (Fsp3) is 1.00. The summed E-state index contributed by atoms with van der Waals surface area (Å²) in [4.78, 5) is 0. The molecule has 0 spiro atoms. The monoisotopic (exact) mass is 142 g/mol. The van der Waals surface area contributed by atoms with Crippen LogP contribution in [0, 0.1) is 11.8 Å². The first kappa shape index (κ1) is 8.06. The van der Waals surface area contributed by atoms with Crippen LogP contribution in [0.15, 0.2) is 0 Å². The lowest BCUT2D eigenvalue weighted by atomic mass is 10.1. The van der Waals surface area contributed by atoms with Gasteiger partial charge in [-0.05, 0) is 18.3 Å². The summed E-state index contributed by atoms with van der Waals surface area (Å²) >= 11 is 0. The van der Waals surface area contributed by atoms with Crippen LogP contribution in [0.25, 0.3) is 0 Å². The number of rotatable bonds is 5. The van der Waals surface area contributed by atoms with Crippen LogP contribution in [0.4, 0.5) is 0 Å². The number of hydrogen-bond donors (Lipinski definition) is 1. The largest absolute Gasteiger partial charge is 0.396 e. The molecule has 0 radical (unpaired) electrons. The third-order valence-corrected chi connectivity index (χ3v) is 2.48. The lowest BCUT2D eigenvalue weighted by Gasteiger charge is -1.95. The molecule has 1 heteroatoms. The summed E-state index contributed by atoms with van der Waals surface area (Å²) in [5.41, 5.74) is 0. The molecule has 0 saturated heterocycles. The molecule has 0 bridgehead atoms. The molecule has 0 aliphatic heterocycles. The zero-order valence-corrected chi connectivity index (χ0v) is 6.84. The van der Waals surface area contributed by atoms with Gasteiger partial charge in [-0.3, -0.25) is 0 Å². The topological polar surface area (TPSA) is 20.2 Å². The van der Waals surface area contributed by atoms with Gasteiger partial charge >= 0.3 is 0 Å². The second kappa shape index (κ2) is 3.97. The summed E-state index contributed by atoms with van der Waals surface area (Å²) in [5.74, 6) is 1.56. The van der Waals surface area contributed by atoms with Crippen LogP contribution in [0.2, 0.25) is 0 Å². The summed E-state index contributed by atoms with van der Waals surface area (Å²) in [6.45, 7) is 2.66. The van der Waals surface area contributed by atoms with Crippen molar-refractivity contribution in [2.75, 3.05) is 6.61 Å². The first-order valence-corrected chi connectivity index (χ1v) is 4.49. The molecule has 2 atom stereocenters. The minimum Gasteiger partial charge on any atom is -0.396 e. The van der Waals surface area contributed by atoms with E-state index >= 15 is 0 Å². The Hall–Kier alpha value is -0.0400. The molecule has 1 nitrogen and oxygen atoms in total. The van der Waals surface area contributed by atoms with Crippen molar-refractivity contribution in [3.63, 3.8) is 0 Å². The van der Waals surface area contributed by atoms with E-state index in [-0.39, 0.29) is 0 Å². The van der Waals surface area contributed by atoms with Gasteiger partial charge < -0.3 is 5.11 Å². The highest BCUT2D eigenvalue weighted by Crippen LogP contribution is 2.41. The van der Waals surface area contributed by atoms with E-state index in [4.69, 9.17) is 5.11 Å². The Labute approximate surface area is 63.4 Å². The maximum absolute atomic E-state index is 8.73. The molecule has 1 N–H and O–H groups in total. The third-order valence-electron chi connectivity index (χ3n) is 2.48. The van der Waals surface area contributed by atoms with Gasteiger partial charge in [-0.25, -0.2) is 0 Å². The molecule has 0 aromatic heterocycles. The average Bonchev–Trinajstić information content (AvgIpc) is 2.68. The van der Waals surface area contributed by atoms with Crippen molar-refractivity contribution in [2.24, 2.45) is 11.8 Å². The minimum absolute atomic E-state index is 0.427. The summed E-state index contributed by atoms with van der Waals surface area (Å²) in [5, 5.41) is 8.73. The van der Waals surface area contributed by atoms with Crippen LogP contribution in [0.5, 0.6) is 0 Å². The van der Waals surface area contributed by atoms with E-state index < -0.39 is 0 Å². The van der Waals surface area contributed by atoms with Crippen LogP contribution in [-0.2, 0) is 0 Å². The highest BCUT2D eigenvalue weighted by molar-refractivity contribution is 4.84. The van der Waals surface area contributed by atoms with Gasteiger partial charge in [0.2, 0.25) is 0 Å². The van der Waals surface area contributed by atoms with Gasteiger partial charge in [0.1, 0.15) is 0 Å². The third kappa shape index (κ3) is 2.30. The van der Waals surface area contributed by atoms with Crippen molar-refractivity contribution >= 4 is 0 Å². The van der Waals surface area contributed by atoms with Gasteiger partial charge in [0.25, 0.3) is 0 Å². The number of aliphatic hydroxyl groups excluding tert-OH is 1. The van der Waals surface area contributed by atoms with E-state index in [1.165, 1.54) is 32.1 Å². The Morgan fingerprint density at radius 2 is 2.10 bits per heavy atom. The average molecular weight is 142 g/mol. The van der Waals surface area contributed by atoms with E-state index in [0.29, 0.717) is 12.5 Å². The lowest BCUT2D eigenvalue weighted by Crippen LogP contribution is -1.88. The molecule has 1 fully saturated rings. The van der Waals surface area contributed by atoms with E-state index in [1.807, 2.05) is 0 Å². The normalized spacial score (nSPS) is 30.6. The first-order chi connectivity index (χ1) is 4.88. The minimum atomic E-state index is 0.427. The van der Waals surface area contributed by atoms with Crippen molar-refractivity contribution in [3.05, 3.63) is 0 Å². The maximum Gasteiger partial charge on any atom is 0.0462 e. The maximum atomic E-state index is 8.73. The van der Waals surface area contributed by atoms with Crippen LogP contribution < -0.4 is 0 Å². The molecule has 0 aromatic carbocycles. The highest BCUT2D eigenvalue weighted by Gasteiger charge is 2.34. The first-order valence-electron chi connectivity index (χ1n) is 4.49. The highest BCUT2D eigenvalue weighted by atomic mass is 16.3. The summed E-state index contributed by atoms with van der Waals surface area (Å²) in [7, 11) is 0. The second-order valence-electron chi connectivity index (χ2n) is 3.43. The van der Waals surface area contributed by atoms with Gasteiger partial charge in [-0.1, -0.05) is 32.6 Å². The predicted octanol–water partition coefficient (Wildman–Crippen LogP) is 2.20. The van der Waals surface area contributed by atoms with Gasteiger partial charge in [0.15, 0.2) is 0 Å². The molecule has 1 aliphatic carbocycles. The number of hydrogen-bond acceptors (Lipinski definition) is 1. The molecule has 0 amide bonds. The molecule has 0 heterocycles. The second-order valence-corrected chi connectivity index (χ2v) is 3.43. The molecule has 10 heavy (non-hydrogen) atoms. The quantitative estimate of drug-likeness (QED) is 0.583. The predicted molar refractivity (Wildman–Crippen MR) is 42.8 cm³/mol. The molecule has 60 valence electrons. The Balaban J connectivity index is 1.87. The fourth-order valence-corrected chi connectivity index (χ4v) is 1.54. The molecule has 1 aliphatic rings. The molecule has 2 unspecified atom stereocenters. The fourth-order valence-electron chi connectivity index (χ4n) is 1.54. The summed E-state index contributed by atoms with van der Waals surface area (Å²) in [6.07, 6.45) is 6.71. The van der Waals surface area contributed by atoms with Crippen molar-refractivity contribution < 1.29 is 5.11 Å². The molecule has 0 aromatic rings.